The molecule has 132 valence electrons. The number of piperidine rings is 1. The van der Waals surface area contributed by atoms with Gasteiger partial charge in [0.05, 0.1) is 6.10 Å². The molecule has 2 aliphatic heterocycles. The molecule has 1 amide bonds. The number of nitrogens with one attached hydrogen (secondary N) is 1. The molecule has 2 aliphatic rings. The molecule has 0 spiro atoms. The van der Waals surface area contributed by atoms with E-state index in [1.165, 1.54) is 0 Å². The van der Waals surface area contributed by atoms with Crippen LogP contribution in [0.4, 0.5) is 5.82 Å². The summed E-state index contributed by atoms with van der Waals surface area (Å²) in [6.07, 6.45) is 3.18. The summed E-state index contributed by atoms with van der Waals surface area (Å²) < 4.78 is 5.67. The molecule has 0 saturated carbocycles. The third-order valence-electron chi connectivity index (χ3n) is 4.78. The maximum absolute atomic E-state index is 12.3. The van der Waals surface area contributed by atoms with Crippen LogP contribution in [-0.2, 0) is 9.53 Å². The maximum atomic E-state index is 12.3. The fraction of sp³-hybridized carbons (Fsp3) is 0.706. The minimum Gasteiger partial charge on any atom is -0.364 e. The van der Waals surface area contributed by atoms with Gasteiger partial charge in [0, 0.05) is 37.4 Å². The minimum absolute atomic E-state index is 0.0122. The molecule has 0 bridgehead atoms. The first-order chi connectivity index (χ1) is 11.5. The summed E-state index contributed by atoms with van der Waals surface area (Å²) in [5.74, 6) is 1.79. The van der Waals surface area contributed by atoms with Crippen LogP contribution in [0.3, 0.4) is 0 Å². The second-order valence-electron chi connectivity index (χ2n) is 6.74. The number of carbonyl (C=O) groups excluding carboxylic acids is 1. The second-order valence-corrected chi connectivity index (χ2v) is 6.74. The van der Waals surface area contributed by atoms with Crippen LogP contribution in [0, 0.1) is 13.8 Å². The number of amides is 1. The molecule has 0 aromatic carbocycles. The molecule has 3 heterocycles. The lowest BCUT2D eigenvalue weighted by atomic mass is 10.0. The Bertz CT molecular complexity index is 566. The molecule has 1 aromatic heterocycles. The van der Waals surface area contributed by atoms with Gasteiger partial charge in [0.1, 0.15) is 17.7 Å². The van der Waals surface area contributed by atoms with Crippen LogP contribution in [0.2, 0.25) is 0 Å². The number of aryl methyl sites for hydroxylation is 2. The van der Waals surface area contributed by atoms with Crippen molar-refractivity contribution in [2.24, 2.45) is 5.73 Å². The van der Waals surface area contributed by atoms with E-state index in [0.29, 0.717) is 6.54 Å². The van der Waals surface area contributed by atoms with Crippen molar-refractivity contribution in [3.8, 4) is 0 Å². The fourth-order valence-corrected chi connectivity index (χ4v) is 3.48. The van der Waals surface area contributed by atoms with Crippen LogP contribution in [0.1, 0.15) is 37.2 Å². The zero-order valence-corrected chi connectivity index (χ0v) is 14.5. The average molecular weight is 333 g/mol. The predicted molar refractivity (Wildman–Crippen MR) is 91.8 cm³/mol. The van der Waals surface area contributed by atoms with E-state index < -0.39 is 0 Å². The Labute approximate surface area is 143 Å². The summed E-state index contributed by atoms with van der Waals surface area (Å²) >= 11 is 0. The summed E-state index contributed by atoms with van der Waals surface area (Å²) in [4.78, 5) is 23.4. The van der Waals surface area contributed by atoms with Gasteiger partial charge < -0.3 is 20.7 Å². The molecule has 3 rings (SSSR count). The Kier molecular flexibility index (Phi) is 5.30. The highest BCUT2D eigenvalue weighted by atomic mass is 16.5. The lowest BCUT2D eigenvalue weighted by Crippen LogP contribution is -2.48. The number of hydrogen-bond donors (Lipinski definition) is 2. The lowest BCUT2D eigenvalue weighted by molar-refractivity contribution is -0.132. The van der Waals surface area contributed by atoms with Crippen molar-refractivity contribution < 1.29 is 9.53 Å². The van der Waals surface area contributed by atoms with E-state index in [4.69, 9.17) is 10.5 Å². The summed E-state index contributed by atoms with van der Waals surface area (Å²) in [6, 6.07) is 2.23. The topological polar surface area (TPSA) is 93.4 Å². The largest absolute Gasteiger partial charge is 0.364 e. The van der Waals surface area contributed by atoms with Gasteiger partial charge in [0.2, 0.25) is 5.91 Å². The Morgan fingerprint density at radius 2 is 2.04 bits per heavy atom. The average Bonchev–Trinajstić information content (AvgIpc) is 3.04. The molecule has 7 heteroatoms. The number of anilines is 1. The van der Waals surface area contributed by atoms with Crippen LogP contribution in [0.15, 0.2) is 6.07 Å². The number of aromatic nitrogens is 2. The van der Waals surface area contributed by atoms with Crippen LogP contribution in [0.5, 0.6) is 0 Å². The van der Waals surface area contributed by atoms with Gasteiger partial charge in [-0.15, -0.1) is 0 Å². The number of rotatable bonds is 4. The van der Waals surface area contributed by atoms with E-state index >= 15 is 0 Å². The van der Waals surface area contributed by atoms with Crippen molar-refractivity contribution in [2.75, 3.05) is 24.5 Å². The predicted octanol–water partition coefficient (Wildman–Crippen LogP) is 0.685. The van der Waals surface area contributed by atoms with Crippen molar-refractivity contribution in [3.63, 3.8) is 0 Å². The third kappa shape index (κ3) is 4.02. The van der Waals surface area contributed by atoms with Gasteiger partial charge in [0.25, 0.3) is 0 Å². The number of nitrogens with zero attached hydrogens (tertiary/aromatic N) is 3. The van der Waals surface area contributed by atoms with Gasteiger partial charge in [0.15, 0.2) is 0 Å². The van der Waals surface area contributed by atoms with Crippen molar-refractivity contribution in [1.82, 2.24) is 15.3 Å². The monoisotopic (exact) mass is 333 g/mol. The standard InChI is InChI=1S/C17H27N5O2/c1-11-9-16(20-12(2)19-11)22-7-5-13(6-8-22)21-17(23)15-4-3-14(10-18)24-15/h9,13-15H,3-8,10,18H2,1-2H3,(H,21,23)/t14-,15+/m1/s1. The molecule has 0 unspecified atom stereocenters. The molecule has 3 N–H and O–H groups in total. The summed E-state index contributed by atoms with van der Waals surface area (Å²) in [5.41, 5.74) is 6.59. The first-order valence-electron chi connectivity index (χ1n) is 8.78. The van der Waals surface area contributed by atoms with Gasteiger partial charge in [-0.2, -0.15) is 0 Å². The number of hydrogen-bond acceptors (Lipinski definition) is 6. The lowest BCUT2D eigenvalue weighted by Gasteiger charge is -2.33. The van der Waals surface area contributed by atoms with Gasteiger partial charge >= 0.3 is 0 Å². The molecule has 7 nitrogen and oxygen atoms in total. The third-order valence-corrected chi connectivity index (χ3v) is 4.78. The quantitative estimate of drug-likeness (QED) is 0.842. The van der Waals surface area contributed by atoms with Crippen molar-refractivity contribution in [3.05, 3.63) is 17.6 Å². The highest BCUT2D eigenvalue weighted by molar-refractivity contribution is 5.81. The zero-order valence-electron chi connectivity index (χ0n) is 14.5. The molecular formula is C17H27N5O2. The Morgan fingerprint density at radius 3 is 2.67 bits per heavy atom. The molecule has 2 saturated heterocycles. The number of nitrogens with two attached hydrogens (primary N) is 1. The molecule has 24 heavy (non-hydrogen) atoms. The van der Waals surface area contributed by atoms with E-state index in [-0.39, 0.29) is 24.2 Å². The van der Waals surface area contributed by atoms with Gasteiger partial charge in [-0.3, -0.25) is 4.79 Å². The highest BCUT2D eigenvalue weighted by Gasteiger charge is 2.31. The summed E-state index contributed by atoms with van der Waals surface area (Å²) in [7, 11) is 0. The van der Waals surface area contributed by atoms with E-state index in [9.17, 15) is 4.79 Å². The van der Waals surface area contributed by atoms with Gasteiger partial charge in [-0.25, -0.2) is 9.97 Å². The normalized spacial score (nSPS) is 25.0. The summed E-state index contributed by atoms with van der Waals surface area (Å²) in [5, 5.41) is 3.14. The molecule has 0 radical (unpaired) electrons. The maximum Gasteiger partial charge on any atom is 0.249 e. The number of ether oxygens (including phenoxy) is 1. The van der Waals surface area contributed by atoms with Crippen molar-refractivity contribution in [1.29, 1.82) is 0 Å². The van der Waals surface area contributed by atoms with E-state index in [0.717, 1.165) is 56.1 Å². The van der Waals surface area contributed by atoms with Crippen LogP contribution in [-0.4, -0.2) is 53.8 Å². The number of carbonyl (C=O) groups is 1. The van der Waals surface area contributed by atoms with Crippen LogP contribution < -0.4 is 16.0 Å². The summed E-state index contributed by atoms with van der Waals surface area (Å²) in [6.45, 7) is 6.16. The molecule has 2 fully saturated rings. The molecule has 0 aliphatic carbocycles. The van der Waals surface area contributed by atoms with E-state index in [1.54, 1.807) is 0 Å². The highest BCUT2D eigenvalue weighted by Crippen LogP contribution is 2.21. The van der Waals surface area contributed by atoms with Crippen LogP contribution >= 0.6 is 0 Å². The van der Waals surface area contributed by atoms with Crippen LogP contribution in [0.25, 0.3) is 0 Å². The van der Waals surface area contributed by atoms with E-state index in [2.05, 4.69) is 20.2 Å². The first-order valence-corrected chi connectivity index (χ1v) is 8.78. The van der Waals surface area contributed by atoms with E-state index in [1.807, 2.05) is 19.9 Å². The Balaban J connectivity index is 1.49. The van der Waals surface area contributed by atoms with Gasteiger partial charge in [-0.1, -0.05) is 0 Å². The SMILES string of the molecule is Cc1cc(N2CCC(NC(=O)[C@@H]3CC[C@H](CN)O3)CC2)nc(C)n1. The smallest absolute Gasteiger partial charge is 0.249 e. The fourth-order valence-electron chi connectivity index (χ4n) is 3.48. The molecular weight excluding hydrogens is 306 g/mol. The Hall–Kier alpha value is -1.73. The molecule has 2 atom stereocenters. The van der Waals surface area contributed by atoms with Gasteiger partial charge in [-0.05, 0) is 39.5 Å². The first kappa shape index (κ1) is 17.1. The van der Waals surface area contributed by atoms with Crippen molar-refractivity contribution in [2.45, 2.75) is 57.8 Å². The molecule has 1 aromatic rings. The second kappa shape index (κ2) is 7.44. The van der Waals surface area contributed by atoms with Crippen molar-refractivity contribution >= 4 is 11.7 Å². The Morgan fingerprint density at radius 1 is 1.29 bits per heavy atom. The minimum atomic E-state index is -0.330. The zero-order chi connectivity index (χ0) is 17.1.